The van der Waals surface area contributed by atoms with Crippen LogP contribution in [0.4, 0.5) is 4.39 Å². The number of nitrogens with one attached hydrogen (secondary N) is 1. The van der Waals surface area contributed by atoms with Gasteiger partial charge >= 0.3 is 0 Å². The first-order valence-corrected chi connectivity index (χ1v) is 11.7. The van der Waals surface area contributed by atoms with E-state index in [1.54, 1.807) is 12.1 Å². The summed E-state index contributed by atoms with van der Waals surface area (Å²) in [5.74, 6) is -0.391. The molecule has 0 saturated carbocycles. The molecule has 5 nitrogen and oxygen atoms in total. The first kappa shape index (κ1) is 23.6. The highest BCUT2D eigenvalue weighted by atomic mass is 19.1. The maximum absolute atomic E-state index is 13.3. The van der Waals surface area contributed by atoms with E-state index in [2.05, 4.69) is 10.2 Å². The average Bonchev–Trinajstić information content (AvgIpc) is 3.11. The summed E-state index contributed by atoms with van der Waals surface area (Å²) in [6, 6.07) is 24.9. The van der Waals surface area contributed by atoms with Crippen molar-refractivity contribution in [1.29, 1.82) is 0 Å². The molecule has 0 aromatic heterocycles. The molecule has 2 amide bonds. The molecule has 1 unspecified atom stereocenters. The highest BCUT2D eigenvalue weighted by Gasteiger charge is 2.24. The van der Waals surface area contributed by atoms with Crippen LogP contribution < -0.4 is 5.32 Å². The number of amides is 2. The summed E-state index contributed by atoms with van der Waals surface area (Å²) < 4.78 is 13.2. The number of benzene rings is 3. The summed E-state index contributed by atoms with van der Waals surface area (Å²) in [4.78, 5) is 30.3. The summed E-state index contributed by atoms with van der Waals surface area (Å²) in [6.45, 7) is 3.70. The van der Waals surface area contributed by atoms with Gasteiger partial charge in [-0.2, -0.15) is 0 Å². The van der Waals surface area contributed by atoms with Gasteiger partial charge in [0.15, 0.2) is 0 Å². The van der Waals surface area contributed by atoms with Gasteiger partial charge in [0, 0.05) is 38.3 Å². The molecule has 3 aromatic rings. The zero-order valence-corrected chi connectivity index (χ0v) is 19.2. The highest BCUT2D eigenvalue weighted by Crippen LogP contribution is 2.20. The molecule has 176 valence electrons. The van der Waals surface area contributed by atoms with Crippen molar-refractivity contribution in [2.45, 2.75) is 25.4 Å². The van der Waals surface area contributed by atoms with Gasteiger partial charge < -0.3 is 10.2 Å². The second-order valence-corrected chi connectivity index (χ2v) is 8.64. The van der Waals surface area contributed by atoms with Crippen molar-refractivity contribution < 1.29 is 14.0 Å². The van der Waals surface area contributed by atoms with E-state index in [1.807, 2.05) is 65.6 Å². The Hall–Kier alpha value is -3.51. The Balaban J connectivity index is 1.38. The second-order valence-electron chi connectivity index (χ2n) is 8.64. The standard InChI is InChI=1S/C28H30FN3O2/c29-25-14-12-22(13-15-25)21-31-16-7-17-32(19-18-31)27(33)20-26(23-8-3-1-4-9-23)30-28(34)24-10-5-2-6-11-24/h1-6,8-15,26H,7,16-21H2,(H,30,34). The number of carbonyl (C=O) groups is 2. The van der Waals surface area contributed by atoms with E-state index in [0.29, 0.717) is 18.7 Å². The number of hydrogen-bond donors (Lipinski definition) is 1. The fourth-order valence-electron chi connectivity index (χ4n) is 4.30. The molecule has 4 rings (SSSR count). The first-order chi connectivity index (χ1) is 16.6. The maximum atomic E-state index is 13.3. The van der Waals surface area contributed by atoms with Crippen LogP contribution in [0.1, 0.15) is 40.4 Å². The van der Waals surface area contributed by atoms with Crippen molar-refractivity contribution >= 4 is 11.8 Å². The monoisotopic (exact) mass is 459 g/mol. The highest BCUT2D eigenvalue weighted by molar-refractivity contribution is 5.94. The van der Waals surface area contributed by atoms with Crippen molar-refractivity contribution in [2.75, 3.05) is 26.2 Å². The van der Waals surface area contributed by atoms with Crippen molar-refractivity contribution in [3.8, 4) is 0 Å². The van der Waals surface area contributed by atoms with Crippen LogP contribution in [0.2, 0.25) is 0 Å². The van der Waals surface area contributed by atoms with E-state index in [4.69, 9.17) is 0 Å². The van der Waals surface area contributed by atoms with Crippen LogP contribution in [0, 0.1) is 5.82 Å². The number of halogens is 1. The van der Waals surface area contributed by atoms with Crippen molar-refractivity contribution in [2.24, 2.45) is 0 Å². The zero-order chi connectivity index (χ0) is 23.8. The quantitative estimate of drug-likeness (QED) is 0.569. The SMILES string of the molecule is O=C(NC(CC(=O)N1CCCN(Cc2ccc(F)cc2)CC1)c1ccccc1)c1ccccc1. The van der Waals surface area contributed by atoms with E-state index in [0.717, 1.165) is 37.2 Å². The topological polar surface area (TPSA) is 52.7 Å². The molecule has 1 fully saturated rings. The molecule has 0 bridgehead atoms. The van der Waals surface area contributed by atoms with Gasteiger partial charge in [-0.05, 0) is 41.8 Å². The van der Waals surface area contributed by atoms with Crippen LogP contribution in [0.25, 0.3) is 0 Å². The first-order valence-electron chi connectivity index (χ1n) is 11.7. The van der Waals surface area contributed by atoms with E-state index < -0.39 is 6.04 Å². The minimum Gasteiger partial charge on any atom is -0.345 e. The van der Waals surface area contributed by atoms with Crippen molar-refractivity contribution in [3.05, 3.63) is 107 Å². The molecule has 0 spiro atoms. The second kappa shape index (κ2) is 11.6. The Morgan fingerprint density at radius 3 is 2.21 bits per heavy atom. The van der Waals surface area contributed by atoms with Gasteiger partial charge in [0.1, 0.15) is 5.82 Å². The molecule has 0 aliphatic carbocycles. The van der Waals surface area contributed by atoms with E-state index in [1.165, 1.54) is 12.1 Å². The van der Waals surface area contributed by atoms with Gasteiger partial charge in [-0.25, -0.2) is 4.39 Å². The molecular weight excluding hydrogens is 429 g/mol. The van der Waals surface area contributed by atoms with Gasteiger partial charge in [-0.3, -0.25) is 14.5 Å². The predicted octanol–water partition coefficient (Wildman–Crippen LogP) is 4.42. The molecule has 1 heterocycles. The molecule has 34 heavy (non-hydrogen) atoms. The third-order valence-corrected chi connectivity index (χ3v) is 6.18. The van der Waals surface area contributed by atoms with Gasteiger partial charge in [-0.1, -0.05) is 60.7 Å². The summed E-state index contributed by atoms with van der Waals surface area (Å²) in [5.41, 5.74) is 2.55. The molecule has 6 heteroatoms. The Bertz CT molecular complexity index is 1070. The lowest BCUT2D eigenvalue weighted by Gasteiger charge is -2.25. The van der Waals surface area contributed by atoms with Crippen LogP contribution in [0.15, 0.2) is 84.9 Å². The Labute approximate surface area is 200 Å². The van der Waals surface area contributed by atoms with Crippen LogP contribution in [-0.4, -0.2) is 47.8 Å². The summed E-state index contributed by atoms with van der Waals surface area (Å²) in [7, 11) is 0. The van der Waals surface area contributed by atoms with Crippen LogP contribution in [-0.2, 0) is 11.3 Å². The van der Waals surface area contributed by atoms with Gasteiger partial charge in [-0.15, -0.1) is 0 Å². The lowest BCUT2D eigenvalue weighted by atomic mass is 10.0. The summed E-state index contributed by atoms with van der Waals surface area (Å²) in [5, 5.41) is 3.05. The number of carbonyl (C=O) groups excluding carboxylic acids is 2. The van der Waals surface area contributed by atoms with Crippen LogP contribution in [0.5, 0.6) is 0 Å². The lowest BCUT2D eigenvalue weighted by molar-refractivity contribution is -0.131. The smallest absolute Gasteiger partial charge is 0.251 e. The maximum Gasteiger partial charge on any atom is 0.251 e. The van der Waals surface area contributed by atoms with E-state index in [9.17, 15) is 14.0 Å². The van der Waals surface area contributed by atoms with Crippen LogP contribution >= 0.6 is 0 Å². The molecule has 1 aliphatic rings. The molecule has 1 aliphatic heterocycles. The summed E-state index contributed by atoms with van der Waals surface area (Å²) in [6.07, 6.45) is 1.08. The number of hydrogen-bond acceptors (Lipinski definition) is 3. The summed E-state index contributed by atoms with van der Waals surface area (Å²) >= 11 is 0. The minimum atomic E-state index is -0.403. The Morgan fingerprint density at radius 2 is 1.50 bits per heavy atom. The molecule has 3 aromatic carbocycles. The molecule has 1 N–H and O–H groups in total. The van der Waals surface area contributed by atoms with Crippen LogP contribution in [0.3, 0.4) is 0 Å². The van der Waals surface area contributed by atoms with E-state index >= 15 is 0 Å². The fraction of sp³-hybridized carbons (Fsp3) is 0.286. The molecule has 1 saturated heterocycles. The van der Waals surface area contributed by atoms with Gasteiger partial charge in [0.05, 0.1) is 12.5 Å². The lowest BCUT2D eigenvalue weighted by Crippen LogP contribution is -2.38. The zero-order valence-electron chi connectivity index (χ0n) is 19.2. The Kier molecular flexibility index (Phi) is 8.04. The normalized spacial score (nSPS) is 15.4. The largest absolute Gasteiger partial charge is 0.345 e. The van der Waals surface area contributed by atoms with Crippen molar-refractivity contribution in [1.82, 2.24) is 15.1 Å². The molecule has 1 atom stereocenters. The van der Waals surface area contributed by atoms with Crippen molar-refractivity contribution in [3.63, 3.8) is 0 Å². The minimum absolute atomic E-state index is 0.0332. The third-order valence-electron chi connectivity index (χ3n) is 6.18. The predicted molar refractivity (Wildman–Crippen MR) is 131 cm³/mol. The number of rotatable bonds is 7. The third kappa shape index (κ3) is 6.51. The molecule has 0 radical (unpaired) electrons. The average molecular weight is 460 g/mol. The van der Waals surface area contributed by atoms with E-state index in [-0.39, 0.29) is 24.1 Å². The van der Waals surface area contributed by atoms with Gasteiger partial charge in [0.2, 0.25) is 5.91 Å². The van der Waals surface area contributed by atoms with Gasteiger partial charge in [0.25, 0.3) is 5.91 Å². The number of nitrogens with zero attached hydrogens (tertiary/aromatic N) is 2. The molecular formula is C28H30FN3O2. The Morgan fingerprint density at radius 1 is 0.824 bits per heavy atom. The fourth-order valence-corrected chi connectivity index (χ4v) is 4.30.